The van der Waals surface area contributed by atoms with Crippen LogP contribution in [0.4, 0.5) is 5.69 Å². The SMILES string of the molecule is CC(=O)c1ccc(S(=O)(=O)N(C)CC(=O)Nc2cccc(C)c2C)cc1. The lowest BCUT2D eigenvalue weighted by atomic mass is 10.1. The van der Waals surface area contributed by atoms with Crippen LogP contribution in [0.5, 0.6) is 0 Å². The number of carbonyl (C=O) groups excluding carboxylic acids is 2. The molecule has 0 aliphatic carbocycles. The van der Waals surface area contributed by atoms with Crippen LogP contribution >= 0.6 is 0 Å². The lowest BCUT2D eigenvalue weighted by molar-refractivity contribution is -0.116. The van der Waals surface area contributed by atoms with Gasteiger partial charge in [-0.1, -0.05) is 24.3 Å². The van der Waals surface area contributed by atoms with Crippen LogP contribution in [0.2, 0.25) is 0 Å². The molecule has 0 fully saturated rings. The van der Waals surface area contributed by atoms with Crippen molar-refractivity contribution in [3.63, 3.8) is 0 Å². The number of amides is 1. The van der Waals surface area contributed by atoms with E-state index in [9.17, 15) is 18.0 Å². The minimum atomic E-state index is -3.83. The molecular formula is C19H22N2O4S. The maximum Gasteiger partial charge on any atom is 0.243 e. The fourth-order valence-corrected chi connectivity index (χ4v) is 3.53. The lowest BCUT2D eigenvalue weighted by Gasteiger charge is -2.18. The van der Waals surface area contributed by atoms with Crippen molar-refractivity contribution in [2.75, 3.05) is 18.9 Å². The maximum absolute atomic E-state index is 12.6. The van der Waals surface area contributed by atoms with E-state index in [-0.39, 0.29) is 17.2 Å². The number of nitrogens with zero attached hydrogens (tertiary/aromatic N) is 1. The molecule has 2 aromatic carbocycles. The summed E-state index contributed by atoms with van der Waals surface area (Å²) in [5.41, 5.74) is 3.06. The van der Waals surface area contributed by atoms with Crippen molar-refractivity contribution in [1.29, 1.82) is 0 Å². The minimum absolute atomic E-state index is 0.0320. The molecule has 138 valence electrons. The van der Waals surface area contributed by atoms with Crippen molar-refractivity contribution in [3.8, 4) is 0 Å². The molecule has 1 amide bonds. The van der Waals surface area contributed by atoms with Gasteiger partial charge in [0.05, 0.1) is 11.4 Å². The van der Waals surface area contributed by atoms with E-state index in [0.717, 1.165) is 15.4 Å². The first-order valence-corrected chi connectivity index (χ1v) is 9.50. The zero-order valence-corrected chi connectivity index (χ0v) is 16.1. The molecule has 0 aliphatic heterocycles. The first-order valence-electron chi connectivity index (χ1n) is 8.06. The number of sulfonamides is 1. The Morgan fingerprint density at radius 1 is 1.04 bits per heavy atom. The third-order valence-corrected chi connectivity index (χ3v) is 6.03. The van der Waals surface area contributed by atoms with Crippen molar-refractivity contribution in [3.05, 3.63) is 59.2 Å². The summed E-state index contributed by atoms with van der Waals surface area (Å²) in [4.78, 5) is 23.6. The van der Waals surface area contributed by atoms with Gasteiger partial charge < -0.3 is 5.32 Å². The van der Waals surface area contributed by atoms with Crippen molar-refractivity contribution >= 4 is 27.4 Å². The van der Waals surface area contributed by atoms with Gasteiger partial charge in [-0.05, 0) is 50.1 Å². The Morgan fingerprint density at radius 3 is 2.23 bits per heavy atom. The normalized spacial score (nSPS) is 11.4. The molecule has 0 aliphatic rings. The van der Waals surface area contributed by atoms with Crippen LogP contribution in [0.1, 0.15) is 28.4 Å². The van der Waals surface area contributed by atoms with Gasteiger partial charge in [0.1, 0.15) is 0 Å². The highest BCUT2D eigenvalue weighted by molar-refractivity contribution is 7.89. The molecule has 1 N–H and O–H groups in total. The highest BCUT2D eigenvalue weighted by Crippen LogP contribution is 2.19. The number of hydrogen-bond acceptors (Lipinski definition) is 4. The molecule has 0 atom stereocenters. The van der Waals surface area contributed by atoms with Crippen LogP contribution in [-0.2, 0) is 14.8 Å². The fourth-order valence-electron chi connectivity index (χ4n) is 2.41. The molecule has 0 saturated heterocycles. The van der Waals surface area contributed by atoms with Gasteiger partial charge in [0.15, 0.2) is 5.78 Å². The van der Waals surface area contributed by atoms with Crippen LogP contribution < -0.4 is 5.32 Å². The molecule has 0 aromatic heterocycles. The Bertz CT molecular complexity index is 935. The molecule has 26 heavy (non-hydrogen) atoms. The van der Waals surface area contributed by atoms with Crippen LogP contribution in [0.25, 0.3) is 0 Å². The van der Waals surface area contributed by atoms with Gasteiger partial charge >= 0.3 is 0 Å². The highest BCUT2D eigenvalue weighted by atomic mass is 32.2. The Labute approximate surface area is 153 Å². The quantitative estimate of drug-likeness (QED) is 0.788. The van der Waals surface area contributed by atoms with Crippen LogP contribution in [-0.4, -0.2) is 38.0 Å². The molecule has 2 rings (SSSR count). The van der Waals surface area contributed by atoms with E-state index < -0.39 is 15.9 Å². The van der Waals surface area contributed by atoms with Gasteiger partial charge in [0.2, 0.25) is 15.9 Å². The molecular weight excluding hydrogens is 352 g/mol. The van der Waals surface area contributed by atoms with Gasteiger partial charge in [-0.25, -0.2) is 8.42 Å². The van der Waals surface area contributed by atoms with Gasteiger partial charge in [0.25, 0.3) is 0 Å². The summed E-state index contributed by atoms with van der Waals surface area (Å²) in [6.07, 6.45) is 0. The Hall–Kier alpha value is -2.51. The van der Waals surface area contributed by atoms with Gasteiger partial charge in [-0.15, -0.1) is 0 Å². The predicted molar refractivity (Wildman–Crippen MR) is 101 cm³/mol. The maximum atomic E-state index is 12.6. The number of anilines is 1. The summed E-state index contributed by atoms with van der Waals surface area (Å²) in [6, 6.07) is 11.2. The lowest BCUT2D eigenvalue weighted by Crippen LogP contribution is -2.35. The van der Waals surface area contributed by atoms with E-state index in [0.29, 0.717) is 11.3 Å². The topological polar surface area (TPSA) is 83.6 Å². The van der Waals surface area contributed by atoms with E-state index in [1.54, 1.807) is 6.07 Å². The van der Waals surface area contributed by atoms with Crippen molar-refractivity contribution < 1.29 is 18.0 Å². The molecule has 7 heteroatoms. The average Bonchev–Trinajstić information content (AvgIpc) is 2.59. The molecule has 0 saturated carbocycles. The first-order chi connectivity index (χ1) is 12.1. The van der Waals surface area contributed by atoms with E-state index in [4.69, 9.17) is 0 Å². The molecule has 6 nitrogen and oxygen atoms in total. The number of carbonyl (C=O) groups is 2. The van der Waals surface area contributed by atoms with Crippen molar-refractivity contribution in [2.24, 2.45) is 0 Å². The van der Waals surface area contributed by atoms with Gasteiger partial charge in [-0.2, -0.15) is 4.31 Å². The van der Waals surface area contributed by atoms with Crippen molar-refractivity contribution in [2.45, 2.75) is 25.7 Å². The monoisotopic (exact) mass is 374 g/mol. The summed E-state index contributed by atoms with van der Waals surface area (Å²) >= 11 is 0. The van der Waals surface area contributed by atoms with E-state index in [1.165, 1.54) is 38.2 Å². The Balaban J connectivity index is 2.12. The molecule has 0 spiro atoms. The molecule has 0 heterocycles. The zero-order chi connectivity index (χ0) is 19.5. The van der Waals surface area contributed by atoms with Gasteiger partial charge in [0, 0.05) is 18.3 Å². The number of rotatable bonds is 6. The van der Waals surface area contributed by atoms with Crippen LogP contribution in [0.3, 0.4) is 0 Å². The van der Waals surface area contributed by atoms with Gasteiger partial charge in [-0.3, -0.25) is 9.59 Å². The second-order valence-corrected chi connectivity index (χ2v) is 8.18. The fraction of sp³-hybridized carbons (Fsp3) is 0.263. The zero-order valence-electron chi connectivity index (χ0n) is 15.2. The molecule has 0 unspecified atom stereocenters. The smallest absolute Gasteiger partial charge is 0.243 e. The Kier molecular flexibility index (Phi) is 5.94. The highest BCUT2D eigenvalue weighted by Gasteiger charge is 2.23. The second kappa shape index (κ2) is 7.80. The summed E-state index contributed by atoms with van der Waals surface area (Å²) in [6.45, 7) is 4.92. The standard InChI is InChI=1S/C19H22N2O4S/c1-13-6-5-7-18(14(13)2)20-19(23)12-21(4)26(24,25)17-10-8-16(9-11-17)15(3)22/h5-11H,12H2,1-4H3,(H,20,23). The molecule has 0 bridgehead atoms. The van der Waals surface area contributed by atoms with E-state index >= 15 is 0 Å². The summed E-state index contributed by atoms with van der Waals surface area (Å²) in [5, 5.41) is 2.74. The predicted octanol–water partition coefficient (Wildman–Crippen LogP) is 2.77. The summed E-state index contributed by atoms with van der Waals surface area (Å²) < 4.78 is 26.1. The number of benzene rings is 2. The third-order valence-electron chi connectivity index (χ3n) is 4.21. The van der Waals surface area contributed by atoms with Crippen LogP contribution in [0, 0.1) is 13.8 Å². The second-order valence-electron chi connectivity index (χ2n) is 6.14. The largest absolute Gasteiger partial charge is 0.325 e. The first kappa shape index (κ1) is 19.8. The Morgan fingerprint density at radius 2 is 1.65 bits per heavy atom. The molecule has 2 aromatic rings. The number of hydrogen-bond donors (Lipinski definition) is 1. The minimum Gasteiger partial charge on any atom is -0.325 e. The number of ketones is 1. The average molecular weight is 374 g/mol. The third kappa shape index (κ3) is 4.36. The summed E-state index contributed by atoms with van der Waals surface area (Å²) in [5.74, 6) is -0.569. The number of Topliss-reactive ketones (excluding diaryl/α,β-unsaturated/α-hetero) is 1. The molecule has 0 radical (unpaired) electrons. The van der Waals surface area contributed by atoms with E-state index in [2.05, 4.69) is 5.32 Å². The van der Waals surface area contributed by atoms with Crippen molar-refractivity contribution in [1.82, 2.24) is 4.31 Å². The van der Waals surface area contributed by atoms with E-state index in [1.807, 2.05) is 26.0 Å². The van der Waals surface area contributed by atoms with Crippen LogP contribution in [0.15, 0.2) is 47.4 Å². The number of aryl methyl sites for hydroxylation is 1. The summed E-state index contributed by atoms with van der Waals surface area (Å²) in [7, 11) is -2.48. The number of likely N-dealkylation sites (N-methyl/N-ethyl adjacent to an activating group) is 1. The number of nitrogens with one attached hydrogen (secondary N) is 1.